The van der Waals surface area contributed by atoms with Crippen LogP contribution in [-0.2, 0) is 14.8 Å². The summed E-state index contributed by atoms with van der Waals surface area (Å²) in [5.41, 5.74) is 7.55. The summed E-state index contributed by atoms with van der Waals surface area (Å²) in [7, 11) is -3.92. The van der Waals surface area contributed by atoms with Crippen molar-refractivity contribution in [3.8, 4) is 0 Å². The summed E-state index contributed by atoms with van der Waals surface area (Å²) >= 11 is 0. The zero-order valence-electron chi connectivity index (χ0n) is 22.4. The van der Waals surface area contributed by atoms with Crippen molar-refractivity contribution >= 4 is 33.8 Å². The molecule has 1 aliphatic rings. The lowest BCUT2D eigenvalue weighted by Crippen LogP contribution is -2.44. The maximum absolute atomic E-state index is 13.8. The van der Waals surface area contributed by atoms with E-state index < -0.39 is 15.9 Å². The quantitative estimate of drug-likeness (QED) is 0.447. The fourth-order valence-electron chi connectivity index (χ4n) is 5.04. The molecule has 0 aliphatic carbocycles. The number of benzene rings is 2. The van der Waals surface area contributed by atoms with Crippen molar-refractivity contribution in [1.29, 1.82) is 0 Å². The van der Waals surface area contributed by atoms with Crippen LogP contribution in [-0.4, -0.2) is 36.9 Å². The van der Waals surface area contributed by atoms with Gasteiger partial charge in [-0.2, -0.15) is 4.31 Å². The van der Waals surface area contributed by atoms with E-state index in [0.29, 0.717) is 25.1 Å². The average Bonchev–Trinajstić information content (AvgIpc) is 3.22. The number of amides is 1. The second-order valence-electron chi connectivity index (χ2n) is 10.0. The molecule has 0 radical (unpaired) electrons. The minimum absolute atomic E-state index is 0.0572. The van der Waals surface area contributed by atoms with Crippen molar-refractivity contribution in [2.75, 3.05) is 18.4 Å². The van der Waals surface area contributed by atoms with Crippen LogP contribution in [0.4, 0.5) is 5.69 Å². The summed E-state index contributed by atoms with van der Waals surface area (Å²) in [6.07, 6.45) is 4.78. The van der Waals surface area contributed by atoms with Crippen molar-refractivity contribution < 1.29 is 17.7 Å². The maximum atomic E-state index is 13.8. The maximum Gasteiger partial charge on any atom is 0.248 e. The summed E-state index contributed by atoms with van der Waals surface area (Å²) in [6, 6.07) is 9.95. The highest BCUT2D eigenvalue weighted by molar-refractivity contribution is 7.89. The molecule has 1 fully saturated rings. The van der Waals surface area contributed by atoms with Gasteiger partial charge in [0.05, 0.1) is 5.92 Å². The highest BCUT2D eigenvalue weighted by atomic mass is 32.2. The minimum atomic E-state index is -3.92. The van der Waals surface area contributed by atoms with Gasteiger partial charge in [-0.3, -0.25) is 4.79 Å². The Kier molecular flexibility index (Phi) is 7.71. The number of piperidine rings is 1. The van der Waals surface area contributed by atoms with Gasteiger partial charge >= 0.3 is 0 Å². The number of aromatic nitrogens is 1. The predicted octanol–water partition coefficient (Wildman–Crippen LogP) is 5.73. The summed E-state index contributed by atoms with van der Waals surface area (Å²) in [5.74, 6) is -0.416. The van der Waals surface area contributed by atoms with Gasteiger partial charge in [0, 0.05) is 18.8 Å². The van der Waals surface area contributed by atoms with Crippen molar-refractivity contribution in [3.05, 3.63) is 75.2 Å². The van der Waals surface area contributed by atoms with Crippen LogP contribution in [0.5, 0.6) is 0 Å². The Hall–Kier alpha value is -3.23. The molecule has 1 aliphatic heterocycles. The molecule has 1 N–H and O–H groups in total. The molecule has 2 aromatic carbocycles. The zero-order valence-corrected chi connectivity index (χ0v) is 23.2. The Balaban J connectivity index is 1.57. The number of carbonyl (C=O) groups excluding carboxylic acids is 1. The molecule has 0 bridgehead atoms. The Morgan fingerprint density at radius 3 is 2.46 bits per heavy atom. The molecule has 0 spiro atoms. The van der Waals surface area contributed by atoms with Crippen LogP contribution < -0.4 is 5.32 Å². The van der Waals surface area contributed by atoms with E-state index in [-0.39, 0.29) is 23.1 Å². The van der Waals surface area contributed by atoms with Crippen molar-refractivity contribution in [2.45, 2.75) is 59.3 Å². The first kappa shape index (κ1) is 26.8. The zero-order chi connectivity index (χ0) is 26.9. The van der Waals surface area contributed by atoms with Crippen LogP contribution in [0.2, 0.25) is 0 Å². The van der Waals surface area contributed by atoms with Crippen molar-refractivity contribution in [2.24, 2.45) is 5.92 Å². The number of nitrogens with zero attached hydrogens (tertiary/aromatic N) is 2. The first-order valence-electron chi connectivity index (χ1n) is 12.6. The number of rotatable bonds is 6. The molecule has 1 saturated heterocycles. The lowest BCUT2D eigenvalue weighted by molar-refractivity contribution is -0.120. The van der Waals surface area contributed by atoms with Crippen LogP contribution in [0, 0.1) is 47.5 Å². The van der Waals surface area contributed by atoms with E-state index >= 15 is 0 Å². The van der Waals surface area contributed by atoms with Gasteiger partial charge in [-0.05, 0) is 94.3 Å². The van der Waals surface area contributed by atoms with E-state index in [1.54, 1.807) is 13.0 Å². The van der Waals surface area contributed by atoms with Gasteiger partial charge in [0.1, 0.15) is 5.69 Å². The van der Waals surface area contributed by atoms with Crippen LogP contribution in [0.25, 0.3) is 12.2 Å². The molecule has 196 valence electrons. The smallest absolute Gasteiger partial charge is 0.248 e. The minimum Gasteiger partial charge on any atom is -0.355 e. The Morgan fingerprint density at radius 1 is 1.05 bits per heavy atom. The van der Waals surface area contributed by atoms with Gasteiger partial charge in [0.2, 0.25) is 15.9 Å². The number of carbonyl (C=O) groups is 1. The molecule has 3 aromatic rings. The largest absolute Gasteiger partial charge is 0.355 e. The normalized spacial score (nSPS) is 16.9. The molecular weight excluding hydrogens is 486 g/mol. The van der Waals surface area contributed by atoms with Crippen LogP contribution in [0.15, 0.2) is 39.8 Å². The third-order valence-electron chi connectivity index (χ3n) is 7.19. The van der Waals surface area contributed by atoms with E-state index in [0.717, 1.165) is 33.5 Å². The van der Waals surface area contributed by atoms with E-state index in [4.69, 9.17) is 4.52 Å². The van der Waals surface area contributed by atoms with Gasteiger partial charge in [0.15, 0.2) is 10.7 Å². The molecule has 8 heteroatoms. The number of hydrogen-bond donors (Lipinski definition) is 1. The lowest BCUT2D eigenvalue weighted by atomic mass is 9.98. The molecule has 0 saturated carbocycles. The molecule has 2 heterocycles. The van der Waals surface area contributed by atoms with Crippen molar-refractivity contribution in [3.63, 3.8) is 0 Å². The third-order valence-corrected chi connectivity index (χ3v) is 9.21. The summed E-state index contributed by atoms with van der Waals surface area (Å²) in [6.45, 7) is 12.2. The number of aryl methyl sites for hydroxylation is 5. The predicted molar refractivity (Wildman–Crippen MR) is 147 cm³/mol. The molecule has 4 rings (SSSR count). The van der Waals surface area contributed by atoms with Crippen LogP contribution in [0.3, 0.4) is 0 Å². The van der Waals surface area contributed by atoms with E-state index in [9.17, 15) is 13.2 Å². The average molecular weight is 522 g/mol. The molecule has 7 nitrogen and oxygen atoms in total. The second-order valence-corrected chi connectivity index (χ2v) is 11.9. The van der Waals surface area contributed by atoms with E-state index in [2.05, 4.69) is 22.6 Å². The monoisotopic (exact) mass is 521 g/mol. The molecular formula is C29H35N3O4S. The van der Waals surface area contributed by atoms with Gasteiger partial charge in [-0.25, -0.2) is 8.42 Å². The van der Waals surface area contributed by atoms with Gasteiger partial charge in [0.25, 0.3) is 0 Å². The fourth-order valence-corrected chi connectivity index (χ4v) is 6.81. The SMILES string of the molecule is Cc1cc(C)c(C=Cc2onc(C)c2S(=O)(=O)N2CCCC(C(=O)Nc3cccc(C)c3C)C2)c(C)c1. The molecule has 1 aromatic heterocycles. The number of nitrogens with one attached hydrogen (secondary N) is 1. The summed E-state index contributed by atoms with van der Waals surface area (Å²) in [4.78, 5) is 13.2. The molecule has 1 unspecified atom stereocenters. The molecule has 1 atom stereocenters. The summed E-state index contributed by atoms with van der Waals surface area (Å²) < 4.78 is 34.4. The lowest BCUT2D eigenvalue weighted by Gasteiger charge is -2.31. The van der Waals surface area contributed by atoms with E-state index in [1.807, 2.05) is 58.9 Å². The third kappa shape index (κ3) is 5.55. The standard InChI is InChI=1S/C29H35N3O4S/c1-18-15-20(3)25(21(4)16-18)12-13-27-28(23(6)31-36-27)37(34,35)32-14-8-10-24(17-32)29(33)30-26-11-7-9-19(2)22(26)5/h7,9,11-13,15-16,24H,8,10,14,17H2,1-6H3,(H,30,33). The Morgan fingerprint density at radius 2 is 1.76 bits per heavy atom. The topological polar surface area (TPSA) is 92.5 Å². The molecule has 1 amide bonds. The van der Waals surface area contributed by atoms with Gasteiger partial charge in [-0.1, -0.05) is 41.1 Å². The van der Waals surface area contributed by atoms with E-state index in [1.165, 1.54) is 9.87 Å². The first-order valence-corrected chi connectivity index (χ1v) is 14.0. The Labute approximate surface area is 219 Å². The van der Waals surface area contributed by atoms with Crippen LogP contribution >= 0.6 is 0 Å². The second kappa shape index (κ2) is 10.6. The van der Waals surface area contributed by atoms with Crippen LogP contribution in [0.1, 0.15) is 57.7 Å². The number of anilines is 1. The highest BCUT2D eigenvalue weighted by Gasteiger charge is 2.37. The first-order chi connectivity index (χ1) is 17.5. The summed E-state index contributed by atoms with van der Waals surface area (Å²) in [5, 5.41) is 6.97. The number of hydrogen-bond acceptors (Lipinski definition) is 5. The number of sulfonamides is 1. The highest BCUT2D eigenvalue weighted by Crippen LogP contribution is 2.30. The van der Waals surface area contributed by atoms with Gasteiger partial charge < -0.3 is 9.84 Å². The fraction of sp³-hybridized carbons (Fsp3) is 0.379. The van der Waals surface area contributed by atoms with Gasteiger partial charge in [-0.15, -0.1) is 0 Å². The van der Waals surface area contributed by atoms with Crippen molar-refractivity contribution in [1.82, 2.24) is 9.46 Å². The molecule has 37 heavy (non-hydrogen) atoms. The Bertz CT molecular complexity index is 1450.